The number of benzene rings is 1. The summed E-state index contributed by atoms with van der Waals surface area (Å²) in [5.41, 5.74) is 0.620. The number of nitrogens with one attached hydrogen (secondary N) is 1. The standard InChI is InChI=1S/C17H19ClN2O3/c1-2-20-10-14(17(22)19-9-12-4-3-7-23-12)16(21)13-8-11(18)5-6-15(13)20/h5-6,8,10,12H,2-4,7,9H2,1H3,(H,19,22)/t12-/m1/s1. The normalized spacial score (nSPS) is 17.6. The molecule has 1 saturated heterocycles. The van der Waals surface area contributed by atoms with Crippen molar-refractivity contribution in [3.05, 3.63) is 45.2 Å². The second kappa shape index (κ2) is 6.72. The first-order valence-corrected chi connectivity index (χ1v) is 8.20. The Hall–Kier alpha value is -1.85. The van der Waals surface area contributed by atoms with Gasteiger partial charge in [0, 0.05) is 36.3 Å². The smallest absolute Gasteiger partial charge is 0.256 e. The van der Waals surface area contributed by atoms with Crippen molar-refractivity contribution in [1.82, 2.24) is 9.88 Å². The van der Waals surface area contributed by atoms with E-state index in [0.717, 1.165) is 25.0 Å². The number of halogens is 1. The van der Waals surface area contributed by atoms with Gasteiger partial charge in [-0.2, -0.15) is 0 Å². The number of aryl methyl sites for hydroxylation is 1. The highest BCUT2D eigenvalue weighted by Crippen LogP contribution is 2.18. The highest BCUT2D eigenvalue weighted by molar-refractivity contribution is 6.31. The van der Waals surface area contributed by atoms with Crippen LogP contribution in [0, 0.1) is 0 Å². The van der Waals surface area contributed by atoms with Crippen LogP contribution >= 0.6 is 11.6 Å². The summed E-state index contributed by atoms with van der Waals surface area (Å²) in [4.78, 5) is 25.0. The van der Waals surface area contributed by atoms with Gasteiger partial charge in [-0.25, -0.2) is 0 Å². The van der Waals surface area contributed by atoms with Gasteiger partial charge >= 0.3 is 0 Å². The number of pyridine rings is 1. The summed E-state index contributed by atoms with van der Waals surface area (Å²) in [7, 11) is 0. The summed E-state index contributed by atoms with van der Waals surface area (Å²) in [6, 6.07) is 5.16. The van der Waals surface area contributed by atoms with E-state index in [9.17, 15) is 9.59 Å². The topological polar surface area (TPSA) is 60.3 Å². The monoisotopic (exact) mass is 334 g/mol. The molecule has 1 amide bonds. The molecule has 1 N–H and O–H groups in total. The summed E-state index contributed by atoms with van der Waals surface area (Å²) in [6.07, 6.45) is 3.61. The molecule has 6 heteroatoms. The fourth-order valence-corrected chi connectivity index (χ4v) is 3.07. The van der Waals surface area contributed by atoms with Crippen LogP contribution in [-0.4, -0.2) is 29.7 Å². The minimum atomic E-state index is -0.366. The van der Waals surface area contributed by atoms with Crippen LogP contribution in [0.25, 0.3) is 10.9 Å². The summed E-state index contributed by atoms with van der Waals surface area (Å²) in [5, 5.41) is 3.74. The highest BCUT2D eigenvalue weighted by atomic mass is 35.5. The van der Waals surface area contributed by atoms with E-state index in [2.05, 4.69) is 5.32 Å². The van der Waals surface area contributed by atoms with Crippen LogP contribution in [-0.2, 0) is 11.3 Å². The molecule has 23 heavy (non-hydrogen) atoms. The molecule has 122 valence electrons. The minimum absolute atomic E-state index is 0.0438. The molecule has 0 bridgehead atoms. The van der Waals surface area contributed by atoms with E-state index in [4.69, 9.17) is 16.3 Å². The minimum Gasteiger partial charge on any atom is -0.376 e. The summed E-state index contributed by atoms with van der Waals surface area (Å²) in [5.74, 6) is -0.366. The summed E-state index contributed by atoms with van der Waals surface area (Å²) < 4.78 is 7.37. The van der Waals surface area contributed by atoms with Crippen LogP contribution in [0.5, 0.6) is 0 Å². The van der Waals surface area contributed by atoms with Gasteiger partial charge in [-0.05, 0) is 38.0 Å². The lowest BCUT2D eigenvalue weighted by Crippen LogP contribution is -2.35. The second-order valence-electron chi connectivity index (χ2n) is 5.66. The molecule has 5 nitrogen and oxygen atoms in total. The molecule has 3 rings (SSSR count). The number of rotatable bonds is 4. The SMILES string of the molecule is CCn1cc(C(=O)NC[C@H]2CCCO2)c(=O)c2cc(Cl)ccc21. The molecule has 0 spiro atoms. The first-order chi connectivity index (χ1) is 11.1. The van der Waals surface area contributed by atoms with E-state index in [-0.39, 0.29) is 23.0 Å². The van der Waals surface area contributed by atoms with E-state index in [0.29, 0.717) is 23.5 Å². The molecular formula is C17H19ClN2O3. The van der Waals surface area contributed by atoms with Crippen LogP contribution in [0.2, 0.25) is 5.02 Å². The van der Waals surface area contributed by atoms with Gasteiger partial charge in [-0.3, -0.25) is 9.59 Å². The van der Waals surface area contributed by atoms with E-state index >= 15 is 0 Å². The fourth-order valence-electron chi connectivity index (χ4n) is 2.90. The Morgan fingerprint density at radius 1 is 1.48 bits per heavy atom. The number of hydrogen-bond donors (Lipinski definition) is 1. The lowest BCUT2D eigenvalue weighted by molar-refractivity contribution is 0.0856. The van der Waals surface area contributed by atoms with Crippen LogP contribution in [0.4, 0.5) is 0 Å². The van der Waals surface area contributed by atoms with Gasteiger partial charge in [0.1, 0.15) is 5.56 Å². The molecule has 0 saturated carbocycles. The Labute approximate surface area is 139 Å². The maximum atomic E-state index is 12.6. The molecule has 0 radical (unpaired) electrons. The quantitative estimate of drug-likeness (QED) is 0.935. The summed E-state index contributed by atoms with van der Waals surface area (Å²) >= 11 is 6.00. The largest absolute Gasteiger partial charge is 0.376 e. The zero-order chi connectivity index (χ0) is 16.4. The Morgan fingerprint density at radius 3 is 3.00 bits per heavy atom. The number of hydrogen-bond acceptors (Lipinski definition) is 3. The van der Waals surface area contributed by atoms with Gasteiger partial charge in [0.2, 0.25) is 5.43 Å². The molecule has 1 aromatic heterocycles. The number of carbonyl (C=O) groups is 1. The van der Waals surface area contributed by atoms with Gasteiger partial charge in [0.05, 0.1) is 11.6 Å². The maximum absolute atomic E-state index is 12.6. The molecular weight excluding hydrogens is 316 g/mol. The molecule has 2 heterocycles. The highest BCUT2D eigenvalue weighted by Gasteiger charge is 2.19. The van der Waals surface area contributed by atoms with E-state index in [1.54, 1.807) is 24.4 Å². The van der Waals surface area contributed by atoms with Gasteiger partial charge in [0.25, 0.3) is 5.91 Å². The van der Waals surface area contributed by atoms with E-state index in [1.165, 1.54) is 0 Å². The third-order valence-corrected chi connectivity index (χ3v) is 4.38. The Balaban J connectivity index is 1.94. The predicted octanol–water partition coefficient (Wildman–Crippen LogP) is 2.58. The molecule has 1 aliphatic heterocycles. The number of nitrogens with zero attached hydrogens (tertiary/aromatic N) is 1. The zero-order valence-electron chi connectivity index (χ0n) is 13.0. The third-order valence-electron chi connectivity index (χ3n) is 4.14. The number of ether oxygens (including phenoxy) is 1. The second-order valence-corrected chi connectivity index (χ2v) is 6.10. The van der Waals surface area contributed by atoms with Crippen LogP contribution in [0.3, 0.4) is 0 Å². The van der Waals surface area contributed by atoms with E-state index < -0.39 is 0 Å². The van der Waals surface area contributed by atoms with Crippen molar-refractivity contribution in [2.45, 2.75) is 32.4 Å². The van der Waals surface area contributed by atoms with Crippen molar-refractivity contribution in [2.75, 3.05) is 13.2 Å². The molecule has 1 atom stereocenters. The van der Waals surface area contributed by atoms with Crippen LogP contribution in [0.15, 0.2) is 29.2 Å². The van der Waals surface area contributed by atoms with Gasteiger partial charge in [-0.1, -0.05) is 11.6 Å². The number of amides is 1. The van der Waals surface area contributed by atoms with Crippen molar-refractivity contribution >= 4 is 28.4 Å². The predicted molar refractivity (Wildman–Crippen MR) is 90.2 cm³/mol. The van der Waals surface area contributed by atoms with Gasteiger partial charge in [-0.15, -0.1) is 0 Å². The number of fused-ring (bicyclic) bond motifs is 1. The average molecular weight is 335 g/mol. The average Bonchev–Trinajstić information content (AvgIpc) is 3.07. The molecule has 0 aliphatic carbocycles. The molecule has 1 aliphatic rings. The summed E-state index contributed by atoms with van der Waals surface area (Å²) in [6.45, 7) is 3.78. The lowest BCUT2D eigenvalue weighted by atomic mass is 10.1. The number of carbonyl (C=O) groups excluding carboxylic acids is 1. The third kappa shape index (κ3) is 3.26. The van der Waals surface area contributed by atoms with Crippen molar-refractivity contribution in [3.63, 3.8) is 0 Å². The lowest BCUT2D eigenvalue weighted by Gasteiger charge is -2.13. The Bertz CT molecular complexity index is 794. The Kier molecular flexibility index (Phi) is 4.68. The van der Waals surface area contributed by atoms with Crippen molar-refractivity contribution in [3.8, 4) is 0 Å². The molecule has 0 unspecified atom stereocenters. The first kappa shape index (κ1) is 16.0. The van der Waals surface area contributed by atoms with Crippen molar-refractivity contribution < 1.29 is 9.53 Å². The van der Waals surface area contributed by atoms with Crippen molar-refractivity contribution in [1.29, 1.82) is 0 Å². The maximum Gasteiger partial charge on any atom is 0.256 e. The number of aromatic nitrogens is 1. The molecule has 1 aromatic carbocycles. The Morgan fingerprint density at radius 2 is 2.30 bits per heavy atom. The van der Waals surface area contributed by atoms with Crippen molar-refractivity contribution in [2.24, 2.45) is 0 Å². The van der Waals surface area contributed by atoms with Crippen LogP contribution in [0.1, 0.15) is 30.1 Å². The molecule has 1 fully saturated rings. The van der Waals surface area contributed by atoms with Crippen LogP contribution < -0.4 is 10.7 Å². The zero-order valence-corrected chi connectivity index (χ0v) is 13.7. The van der Waals surface area contributed by atoms with Gasteiger partial charge in [0.15, 0.2) is 0 Å². The fraction of sp³-hybridized carbons (Fsp3) is 0.412. The molecule has 2 aromatic rings. The van der Waals surface area contributed by atoms with Gasteiger partial charge < -0.3 is 14.6 Å². The first-order valence-electron chi connectivity index (χ1n) is 7.82. The van der Waals surface area contributed by atoms with E-state index in [1.807, 2.05) is 11.5 Å².